The zero-order valence-electron chi connectivity index (χ0n) is 16.2. The van der Waals surface area contributed by atoms with Gasteiger partial charge in [0.1, 0.15) is 0 Å². The van der Waals surface area contributed by atoms with E-state index in [0.29, 0.717) is 0 Å². The quantitative estimate of drug-likeness (QED) is 0.546. The Morgan fingerprint density at radius 1 is 1.14 bits per heavy atom. The van der Waals surface area contributed by atoms with E-state index in [4.69, 9.17) is 12.2 Å². The molecule has 1 fully saturated rings. The van der Waals surface area contributed by atoms with Gasteiger partial charge in [-0.1, -0.05) is 22.0 Å². The van der Waals surface area contributed by atoms with E-state index in [0.717, 1.165) is 27.5 Å². The highest BCUT2D eigenvalue weighted by Gasteiger charge is 2.40. The van der Waals surface area contributed by atoms with Gasteiger partial charge in [0, 0.05) is 34.3 Å². The van der Waals surface area contributed by atoms with Crippen LogP contribution in [0.4, 0.5) is 0 Å². The van der Waals surface area contributed by atoms with Gasteiger partial charge in [-0.25, -0.2) is 0 Å². The minimum atomic E-state index is 0.0347. The predicted octanol–water partition coefficient (Wildman–Crippen LogP) is 5.24. The molecular weight excluding hydrogens is 432 g/mol. The summed E-state index contributed by atoms with van der Waals surface area (Å²) in [4.78, 5) is 6.87. The van der Waals surface area contributed by atoms with Crippen LogP contribution in [0.25, 0.3) is 5.69 Å². The molecule has 3 heterocycles. The third kappa shape index (κ3) is 3.25. The highest BCUT2D eigenvalue weighted by molar-refractivity contribution is 9.10. The summed E-state index contributed by atoms with van der Waals surface area (Å²) in [7, 11) is 0. The van der Waals surface area contributed by atoms with E-state index in [9.17, 15) is 0 Å². The van der Waals surface area contributed by atoms with Crippen LogP contribution >= 0.6 is 28.1 Å². The molecule has 1 aromatic carbocycles. The van der Waals surface area contributed by atoms with Gasteiger partial charge in [0.15, 0.2) is 5.11 Å². The Bertz CT molecular complexity index is 997. The zero-order valence-corrected chi connectivity index (χ0v) is 18.6. The van der Waals surface area contributed by atoms with Crippen molar-refractivity contribution in [1.82, 2.24) is 19.8 Å². The normalized spacial score (nSPS) is 19.1. The smallest absolute Gasteiger partial charge is 0.170 e. The van der Waals surface area contributed by atoms with Gasteiger partial charge in [-0.15, -0.1) is 0 Å². The van der Waals surface area contributed by atoms with E-state index in [-0.39, 0.29) is 12.1 Å². The molecule has 2 aromatic heterocycles. The molecule has 2 atom stereocenters. The molecule has 4 nitrogen and oxygen atoms in total. The number of thiocarbonyl (C=S) groups is 1. The maximum Gasteiger partial charge on any atom is 0.170 e. The van der Waals surface area contributed by atoms with Crippen molar-refractivity contribution >= 4 is 33.3 Å². The van der Waals surface area contributed by atoms with Crippen molar-refractivity contribution < 1.29 is 0 Å². The van der Waals surface area contributed by atoms with Crippen LogP contribution in [0.1, 0.15) is 41.7 Å². The molecule has 1 aliphatic heterocycles. The molecule has 1 N–H and O–H groups in total. The monoisotopic (exact) mass is 454 g/mol. The number of pyridine rings is 1. The molecule has 4 rings (SSSR count). The van der Waals surface area contributed by atoms with E-state index in [1.807, 2.05) is 18.3 Å². The molecule has 0 amide bonds. The summed E-state index contributed by atoms with van der Waals surface area (Å²) < 4.78 is 3.39. The topological polar surface area (TPSA) is 33.1 Å². The summed E-state index contributed by atoms with van der Waals surface area (Å²) in [5, 5.41) is 4.29. The lowest BCUT2D eigenvalue weighted by Gasteiger charge is -2.27. The molecule has 6 heteroatoms. The van der Waals surface area contributed by atoms with E-state index >= 15 is 0 Å². The van der Waals surface area contributed by atoms with Crippen LogP contribution in [0.3, 0.4) is 0 Å². The summed E-state index contributed by atoms with van der Waals surface area (Å²) in [5.41, 5.74) is 5.90. The van der Waals surface area contributed by atoms with Crippen LogP contribution in [0.2, 0.25) is 0 Å². The molecule has 0 radical (unpaired) electrons. The van der Waals surface area contributed by atoms with Crippen molar-refractivity contribution in [2.75, 3.05) is 6.54 Å². The molecule has 28 heavy (non-hydrogen) atoms. The third-order valence-electron chi connectivity index (χ3n) is 5.41. The fourth-order valence-electron chi connectivity index (χ4n) is 4.16. The van der Waals surface area contributed by atoms with Crippen LogP contribution in [0.5, 0.6) is 0 Å². The molecule has 2 unspecified atom stereocenters. The van der Waals surface area contributed by atoms with Crippen molar-refractivity contribution in [2.24, 2.45) is 0 Å². The molecule has 144 valence electrons. The summed E-state index contributed by atoms with van der Waals surface area (Å²) in [5.74, 6) is 0. The van der Waals surface area contributed by atoms with Gasteiger partial charge in [-0.2, -0.15) is 0 Å². The molecule has 3 aromatic rings. The fourth-order valence-corrected chi connectivity index (χ4v) is 4.79. The first kappa shape index (κ1) is 19.2. The fraction of sp³-hybridized carbons (Fsp3) is 0.273. The second kappa shape index (κ2) is 7.68. The van der Waals surface area contributed by atoms with Gasteiger partial charge < -0.3 is 14.8 Å². The number of hydrogen-bond acceptors (Lipinski definition) is 2. The van der Waals surface area contributed by atoms with E-state index in [1.165, 1.54) is 17.0 Å². The number of rotatable bonds is 4. The Balaban J connectivity index is 1.82. The average Bonchev–Trinajstić information content (AvgIpc) is 3.18. The van der Waals surface area contributed by atoms with Crippen molar-refractivity contribution in [3.8, 4) is 5.69 Å². The van der Waals surface area contributed by atoms with Gasteiger partial charge in [-0.3, -0.25) is 4.98 Å². The van der Waals surface area contributed by atoms with E-state index in [2.05, 4.69) is 92.9 Å². The van der Waals surface area contributed by atoms with Crippen LogP contribution in [0, 0.1) is 13.8 Å². The Kier molecular flexibility index (Phi) is 5.25. The van der Waals surface area contributed by atoms with Crippen LogP contribution in [0.15, 0.2) is 59.2 Å². The van der Waals surface area contributed by atoms with Crippen molar-refractivity contribution in [3.63, 3.8) is 0 Å². The number of likely N-dealkylation sites (N-methyl/N-ethyl adjacent to an activating group) is 1. The Morgan fingerprint density at radius 2 is 1.89 bits per heavy atom. The summed E-state index contributed by atoms with van der Waals surface area (Å²) in [6.07, 6.45) is 1.84. The highest BCUT2D eigenvalue weighted by atomic mass is 79.9. The molecule has 0 saturated carbocycles. The molecule has 1 saturated heterocycles. The lowest BCUT2D eigenvalue weighted by atomic mass is 9.97. The van der Waals surface area contributed by atoms with E-state index < -0.39 is 0 Å². The number of nitrogens with zero attached hydrogens (tertiary/aromatic N) is 3. The third-order valence-corrected chi connectivity index (χ3v) is 6.29. The zero-order chi connectivity index (χ0) is 19.8. The number of benzene rings is 1. The Labute approximate surface area is 179 Å². The number of hydrogen-bond donors (Lipinski definition) is 1. The van der Waals surface area contributed by atoms with Crippen LogP contribution < -0.4 is 5.32 Å². The number of aromatic nitrogens is 2. The molecule has 1 aliphatic rings. The predicted molar refractivity (Wildman–Crippen MR) is 121 cm³/mol. The van der Waals surface area contributed by atoms with Crippen molar-refractivity contribution in [2.45, 2.75) is 32.9 Å². The van der Waals surface area contributed by atoms with Gasteiger partial charge in [0.05, 0.1) is 17.8 Å². The lowest BCUT2D eigenvalue weighted by molar-refractivity contribution is 0.329. The second-order valence-electron chi connectivity index (χ2n) is 7.05. The number of nitrogens with one attached hydrogen (secondary N) is 1. The first-order chi connectivity index (χ1) is 13.5. The van der Waals surface area contributed by atoms with Gasteiger partial charge >= 0.3 is 0 Å². The van der Waals surface area contributed by atoms with Gasteiger partial charge in [0.25, 0.3) is 0 Å². The van der Waals surface area contributed by atoms with Gasteiger partial charge in [-0.05, 0) is 81.0 Å². The first-order valence-electron chi connectivity index (χ1n) is 9.44. The van der Waals surface area contributed by atoms with Gasteiger partial charge in [0.2, 0.25) is 0 Å². The highest BCUT2D eigenvalue weighted by Crippen LogP contribution is 2.41. The van der Waals surface area contributed by atoms with Crippen molar-refractivity contribution in [3.05, 3.63) is 81.8 Å². The molecule has 0 aliphatic carbocycles. The summed E-state index contributed by atoms with van der Waals surface area (Å²) in [6.45, 7) is 7.35. The maximum absolute atomic E-state index is 5.66. The lowest BCUT2D eigenvalue weighted by Crippen LogP contribution is -2.29. The summed E-state index contributed by atoms with van der Waals surface area (Å²) in [6, 6.07) is 16.9. The molecule has 0 bridgehead atoms. The van der Waals surface area contributed by atoms with Crippen LogP contribution in [-0.2, 0) is 0 Å². The Hall–Kier alpha value is -2.18. The maximum atomic E-state index is 5.66. The second-order valence-corrected chi connectivity index (χ2v) is 8.35. The number of aryl methyl sites for hydroxylation is 1. The van der Waals surface area contributed by atoms with Crippen LogP contribution in [-0.4, -0.2) is 26.1 Å². The molecule has 0 spiro atoms. The first-order valence-corrected chi connectivity index (χ1v) is 10.6. The minimum absolute atomic E-state index is 0.0347. The Morgan fingerprint density at radius 3 is 2.54 bits per heavy atom. The SMILES string of the molecule is CCN1C(=S)NC(c2ccccn2)C1c1cc(C)n(-c2ccc(Br)cc2)c1C. The molecular formula is C22H23BrN4S. The van der Waals surface area contributed by atoms with Crippen molar-refractivity contribution in [1.29, 1.82) is 0 Å². The average molecular weight is 455 g/mol. The largest absolute Gasteiger partial charge is 0.352 e. The standard InChI is InChI=1S/C22H23BrN4S/c1-4-26-21(20(25-22(26)28)19-7-5-6-12-24-19)18-13-14(2)27(15(18)3)17-10-8-16(23)9-11-17/h5-13,20-21H,4H2,1-3H3,(H,25,28). The number of halogens is 1. The minimum Gasteiger partial charge on any atom is -0.352 e. The van der Waals surface area contributed by atoms with E-state index in [1.54, 1.807) is 0 Å². The summed E-state index contributed by atoms with van der Waals surface area (Å²) >= 11 is 9.19.